The normalized spacial score (nSPS) is 17.5. The van der Waals surface area contributed by atoms with Gasteiger partial charge in [-0.15, -0.1) is 0 Å². The second kappa shape index (κ2) is 4.81. The molecular weight excluding hydrogens is 298 g/mol. The van der Waals surface area contributed by atoms with Gasteiger partial charge >= 0.3 is 0 Å². The molecule has 0 bridgehead atoms. The number of carbonyl (C=O) groups is 1. The average molecular weight is 313 g/mol. The quantitative estimate of drug-likeness (QED) is 0.679. The van der Waals surface area contributed by atoms with Gasteiger partial charge in [0.15, 0.2) is 5.75 Å². The zero-order valence-corrected chi connectivity index (χ0v) is 12.9. The van der Waals surface area contributed by atoms with Gasteiger partial charge < -0.3 is 14.7 Å². The first-order valence-electron chi connectivity index (χ1n) is 7.02. The van der Waals surface area contributed by atoms with E-state index in [0.717, 1.165) is 16.9 Å². The van der Waals surface area contributed by atoms with Crippen LogP contribution in [0.1, 0.15) is 25.0 Å². The van der Waals surface area contributed by atoms with Crippen LogP contribution in [0, 0.1) is 0 Å². The van der Waals surface area contributed by atoms with Gasteiger partial charge in [-0.1, -0.05) is 13.8 Å². The summed E-state index contributed by atoms with van der Waals surface area (Å²) in [7, 11) is 1.84. The zero-order valence-electron chi connectivity index (χ0n) is 12.9. The molecule has 0 fully saturated rings. The molecule has 0 spiro atoms. The highest BCUT2D eigenvalue weighted by Crippen LogP contribution is 2.48. The lowest BCUT2D eigenvalue weighted by atomic mass is 9.83. The Morgan fingerprint density at radius 3 is 2.52 bits per heavy atom. The fourth-order valence-electron chi connectivity index (χ4n) is 3.07. The number of benzene rings is 1. The number of fused-ring (bicyclic) bond motifs is 1. The molecule has 6 nitrogen and oxygen atoms in total. The molecular formula is C17H15NO5. The molecule has 118 valence electrons. The summed E-state index contributed by atoms with van der Waals surface area (Å²) < 4.78 is 4.89. The number of ether oxygens (including phenoxy) is 1. The first-order valence-corrected chi connectivity index (χ1v) is 7.02. The number of anilines is 1. The standard InChI is InChI=1S/C17H15NO5/c1-17(2)11-6-9(23-8-19)4-5-12(11)18(3)13(17)7-10-14(20)16(22)15(10)21/h4-8,20H,1-3H3/b13-7+. The number of allylic oxidation sites excluding steroid dienone is 1. The van der Waals surface area contributed by atoms with Crippen molar-refractivity contribution >= 4 is 18.2 Å². The number of carbonyl (C=O) groups excluding carboxylic acids is 1. The Bertz CT molecular complexity index is 916. The van der Waals surface area contributed by atoms with Gasteiger partial charge in [0.2, 0.25) is 5.43 Å². The molecule has 23 heavy (non-hydrogen) atoms. The molecule has 0 aromatic heterocycles. The smallest absolute Gasteiger partial charge is 0.298 e. The molecule has 0 saturated carbocycles. The van der Waals surface area contributed by atoms with Crippen molar-refractivity contribution in [2.45, 2.75) is 19.3 Å². The minimum Gasteiger partial charge on any atom is -0.504 e. The van der Waals surface area contributed by atoms with Crippen molar-refractivity contribution in [1.29, 1.82) is 0 Å². The van der Waals surface area contributed by atoms with Crippen LogP contribution in [-0.2, 0) is 10.2 Å². The van der Waals surface area contributed by atoms with Crippen molar-refractivity contribution in [3.8, 4) is 11.5 Å². The van der Waals surface area contributed by atoms with Crippen LogP contribution in [-0.4, -0.2) is 18.6 Å². The fourth-order valence-corrected chi connectivity index (χ4v) is 3.07. The molecule has 6 heteroatoms. The van der Waals surface area contributed by atoms with Gasteiger partial charge in [-0.2, -0.15) is 0 Å². The minimum absolute atomic E-state index is 0.0297. The molecule has 1 aliphatic heterocycles. The minimum atomic E-state index is -0.852. The summed E-state index contributed by atoms with van der Waals surface area (Å²) in [5.41, 5.74) is 0.592. The first kappa shape index (κ1) is 15.0. The van der Waals surface area contributed by atoms with Crippen molar-refractivity contribution < 1.29 is 14.6 Å². The summed E-state index contributed by atoms with van der Waals surface area (Å²) in [6.45, 7) is 4.27. The molecule has 2 aromatic carbocycles. The topological polar surface area (TPSA) is 83.9 Å². The maximum Gasteiger partial charge on any atom is 0.298 e. The van der Waals surface area contributed by atoms with Crippen LogP contribution in [0.2, 0.25) is 0 Å². The van der Waals surface area contributed by atoms with E-state index in [0.29, 0.717) is 12.2 Å². The summed E-state index contributed by atoms with van der Waals surface area (Å²) in [6, 6.07) is 5.26. The van der Waals surface area contributed by atoms with Crippen molar-refractivity contribution in [2.24, 2.45) is 0 Å². The lowest BCUT2D eigenvalue weighted by molar-refractivity contribution is -0.120. The highest BCUT2D eigenvalue weighted by molar-refractivity contribution is 5.78. The summed E-state index contributed by atoms with van der Waals surface area (Å²) in [4.78, 5) is 35.2. The van der Waals surface area contributed by atoms with Crippen LogP contribution < -0.4 is 20.5 Å². The third-order valence-corrected chi connectivity index (χ3v) is 4.39. The molecule has 0 amide bonds. The van der Waals surface area contributed by atoms with Gasteiger partial charge in [-0.3, -0.25) is 14.4 Å². The summed E-state index contributed by atoms with van der Waals surface area (Å²) in [6.07, 6.45) is 1.54. The van der Waals surface area contributed by atoms with Crippen LogP contribution in [0.5, 0.6) is 11.5 Å². The van der Waals surface area contributed by atoms with E-state index in [4.69, 9.17) is 4.74 Å². The summed E-state index contributed by atoms with van der Waals surface area (Å²) in [5, 5.41) is 9.58. The van der Waals surface area contributed by atoms with Gasteiger partial charge in [0, 0.05) is 23.8 Å². The molecule has 0 saturated heterocycles. The monoisotopic (exact) mass is 313 g/mol. The lowest BCUT2D eigenvalue weighted by Gasteiger charge is -2.24. The molecule has 0 atom stereocenters. The number of likely N-dealkylation sites (N-methyl/N-ethyl adjacent to an activating group) is 1. The Kier molecular flexibility index (Phi) is 3.14. The predicted octanol–water partition coefficient (Wildman–Crippen LogP) is 1.29. The predicted molar refractivity (Wildman–Crippen MR) is 85.6 cm³/mol. The maximum absolute atomic E-state index is 11.6. The van der Waals surface area contributed by atoms with Crippen LogP contribution in [0.3, 0.4) is 0 Å². The number of hydrogen-bond acceptors (Lipinski definition) is 6. The second-order valence-electron chi connectivity index (χ2n) is 6.03. The van der Waals surface area contributed by atoms with Gasteiger partial charge in [0.25, 0.3) is 11.9 Å². The molecule has 0 unspecified atom stereocenters. The third kappa shape index (κ3) is 1.98. The number of aromatic hydroxyl groups is 1. The van der Waals surface area contributed by atoms with Gasteiger partial charge in [-0.25, -0.2) is 0 Å². The van der Waals surface area contributed by atoms with E-state index >= 15 is 0 Å². The van der Waals surface area contributed by atoms with Crippen molar-refractivity contribution in [3.05, 3.63) is 55.5 Å². The molecule has 0 aliphatic carbocycles. The number of rotatable bonds is 3. The molecule has 0 radical (unpaired) electrons. The number of nitrogens with zero attached hydrogens (tertiary/aromatic N) is 1. The highest BCUT2D eigenvalue weighted by atomic mass is 16.5. The van der Waals surface area contributed by atoms with E-state index in [1.807, 2.05) is 31.9 Å². The fraction of sp³-hybridized carbons (Fsp3) is 0.235. The van der Waals surface area contributed by atoms with E-state index in [-0.39, 0.29) is 5.56 Å². The van der Waals surface area contributed by atoms with E-state index in [9.17, 15) is 19.5 Å². The summed E-state index contributed by atoms with van der Waals surface area (Å²) >= 11 is 0. The van der Waals surface area contributed by atoms with E-state index in [1.165, 1.54) is 0 Å². The maximum atomic E-state index is 11.6. The highest BCUT2D eigenvalue weighted by Gasteiger charge is 2.39. The Hall–Kier alpha value is -2.89. The Labute approximate surface area is 131 Å². The lowest BCUT2D eigenvalue weighted by Crippen LogP contribution is -2.33. The van der Waals surface area contributed by atoms with Crippen molar-refractivity contribution in [1.82, 2.24) is 0 Å². The molecule has 1 heterocycles. The van der Waals surface area contributed by atoms with Gasteiger partial charge in [0.05, 0.1) is 5.56 Å². The van der Waals surface area contributed by atoms with Crippen LogP contribution >= 0.6 is 0 Å². The van der Waals surface area contributed by atoms with Crippen molar-refractivity contribution in [2.75, 3.05) is 11.9 Å². The Balaban J connectivity index is 2.13. The third-order valence-electron chi connectivity index (χ3n) is 4.39. The van der Waals surface area contributed by atoms with E-state index < -0.39 is 22.0 Å². The molecule has 1 N–H and O–H groups in total. The molecule has 1 aliphatic rings. The first-order chi connectivity index (χ1) is 10.8. The van der Waals surface area contributed by atoms with E-state index in [1.54, 1.807) is 18.2 Å². The Morgan fingerprint density at radius 2 is 1.91 bits per heavy atom. The average Bonchev–Trinajstić information content (AvgIpc) is 2.71. The molecule has 2 aromatic rings. The molecule has 3 rings (SSSR count). The van der Waals surface area contributed by atoms with Gasteiger partial charge in [-0.05, 0) is 29.8 Å². The Morgan fingerprint density at radius 1 is 1.22 bits per heavy atom. The number of hydrogen-bond donors (Lipinski definition) is 1. The van der Waals surface area contributed by atoms with Crippen LogP contribution in [0.4, 0.5) is 5.69 Å². The van der Waals surface area contributed by atoms with Crippen molar-refractivity contribution in [3.63, 3.8) is 0 Å². The largest absolute Gasteiger partial charge is 0.504 e. The second-order valence-corrected chi connectivity index (χ2v) is 6.03. The van der Waals surface area contributed by atoms with Crippen LogP contribution in [0.25, 0.3) is 6.08 Å². The SMILES string of the molecule is CN1/C(=C/c2c(O)c(=O)c2=O)C(C)(C)c2cc(OC=O)ccc21. The van der Waals surface area contributed by atoms with E-state index in [2.05, 4.69) is 0 Å². The summed E-state index contributed by atoms with van der Waals surface area (Å²) in [5.74, 6) is -0.0638. The zero-order chi connectivity index (χ0) is 16.9. The van der Waals surface area contributed by atoms with Crippen LogP contribution in [0.15, 0.2) is 33.5 Å². The van der Waals surface area contributed by atoms with Gasteiger partial charge in [0.1, 0.15) is 5.75 Å².